The number of hydrogen-bond acceptors (Lipinski definition) is 8. The molecule has 42 heavy (non-hydrogen) atoms. The molecule has 0 spiro atoms. The van der Waals surface area contributed by atoms with Crippen LogP contribution in [0, 0.1) is 6.92 Å². The van der Waals surface area contributed by atoms with Crippen molar-refractivity contribution in [1.82, 2.24) is 24.3 Å². The van der Waals surface area contributed by atoms with E-state index in [0.717, 1.165) is 37.1 Å². The largest absolute Gasteiger partial charge is 0.493 e. The number of imidazole rings is 1. The summed E-state index contributed by atoms with van der Waals surface area (Å²) in [6.45, 7) is 4.12. The van der Waals surface area contributed by atoms with Crippen molar-refractivity contribution in [2.45, 2.75) is 64.2 Å². The fourth-order valence-corrected chi connectivity index (χ4v) is 6.52. The molecule has 1 fully saturated rings. The van der Waals surface area contributed by atoms with Gasteiger partial charge in [0.05, 0.1) is 37.0 Å². The van der Waals surface area contributed by atoms with Gasteiger partial charge in [0.2, 0.25) is 10.0 Å². The van der Waals surface area contributed by atoms with Crippen molar-refractivity contribution in [1.29, 1.82) is 0 Å². The number of para-hydroxylation sites is 1. The Morgan fingerprint density at radius 3 is 2.55 bits per heavy atom. The molecular weight excluding hydrogens is 558 g/mol. The Morgan fingerprint density at radius 1 is 1.10 bits per heavy atom. The number of nitrogens with one attached hydrogen (secondary N) is 2. The molecule has 5 rings (SSSR count). The number of methoxy groups -OCH3 is 2. The minimum atomic E-state index is -3.91. The lowest BCUT2D eigenvalue weighted by molar-refractivity contribution is 0.341. The molecule has 2 aromatic heterocycles. The van der Waals surface area contributed by atoms with Crippen molar-refractivity contribution in [3.05, 3.63) is 63.8 Å². The number of nitrogens with zero attached hydrogens (tertiary/aromatic N) is 3. The molecule has 0 amide bonds. The summed E-state index contributed by atoms with van der Waals surface area (Å²) in [4.78, 5) is 20.7. The second-order valence-electron chi connectivity index (χ2n) is 9.99. The highest BCUT2D eigenvalue weighted by atomic mass is 32.2. The van der Waals surface area contributed by atoms with Crippen molar-refractivity contribution >= 4 is 15.5 Å². The predicted molar refractivity (Wildman–Crippen MR) is 161 cm³/mol. The number of rotatable bonds is 11. The summed E-state index contributed by atoms with van der Waals surface area (Å²) in [5, 5.41) is 4.75. The van der Waals surface area contributed by atoms with E-state index >= 15 is 0 Å². The molecule has 0 unspecified atom stereocenters. The van der Waals surface area contributed by atoms with E-state index in [-0.39, 0.29) is 36.2 Å². The number of sulfonamides is 1. The molecular formula is C30H39N5O6S. The standard InChI is InChI=1S/C29H35N5O6S.CH4/c1-5-40-23-14-13-21(41(36,37)30-16-15-19-11-8-12-24(38-3)26(19)39-4)17-22(23)27-32-29(35)25-18(2)31-28(34(25)33-27)20-9-6-7-10-20;/h8,11-14,17,20,30H,5-7,9-10,15-16H2,1-4H3,(H,32,33,35);1H4. The molecule has 2 aromatic carbocycles. The molecule has 0 bridgehead atoms. The van der Waals surface area contributed by atoms with Gasteiger partial charge in [-0.3, -0.25) is 4.79 Å². The zero-order chi connectivity index (χ0) is 29.1. The van der Waals surface area contributed by atoms with E-state index in [1.54, 1.807) is 37.8 Å². The molecule has 226 valence electrons. The van der Waals surface area contributed by atoms with Crippen LogP contribution in [0.3, 0.4) is 0 Å². The van der Waals surface area contributed by atoms with Crippen LogP contribution < -0.4 is 24.5 Å². The molecule has 11 nitrogen and oxygen atoms in total. The van der Waals surface area contributed by atoms with Crippen LogP contribution in [0.4, 0.5) is 0 Å². The van der Waals surface area contributed by atoms with Crippen LogP contribution in [0.1, 0.15) is 63.0 Å². The first kappa shape index (κ1) is 31.0. The Kier molecular flexibility index (Phi) is 9.57. The number of aryl methyl sites for hydroxylation is 1. The van der Waals surface area contributed by atoms with E-state index in [4.69, 9.17) is 24.3 Å². The molecule has 2 N–H and O–H groups in total. The number of H-pyrrole nitrogens is 1. The third-order valence-corrected chi connectivity index (χ3v) is 8.87. The predicted octanol–water partition coefficient (Wildman–Crippen LogP) is 4.62. The average molecular weight is 598 g/mol. The van der Waals surface area contributed by atoms with Gasteiger partial charge in [-0.2, -0.15) is 0 Å². The smallest absolute Gasteiger partial charge is 0.277 e. The van der Waals surface area contributed by atoms with Crippen molar-refractivity contribution in [2.24, 2.45) is 0 Å². The Morgan fingerprint density at radius 2 is 1.86 bits per heavy atom. The van der Waals surface area contributed by atoms with Crippen molar-refractivity contribution in [3.8, 4) is 28.6 Å². The molecule has 0 atom stereocenters. The number of aromatic amines is 1. The van der Waals surface area contributed by atoms with E-state index in [0.29, 0.717) is 47.1 Å². The van der Waals surface area contributed by atoms with E-state index in [1.807, 2.05) is 19.1 Å². The number of hydrogen-bond donors (Lipinski definition) is 2. The second kappa shape index (κ2) is 13.0. The first-order valence-electron chi connectivity index (χ1n) is 13.7. The van der Waals surface area contributed by atoms with Crippen LogP contribution >= 0.6 is 0 Å². The highest BCUT2D eigenvalue weighted by Crippen LogP contribution is 2.35. The highest BCUT2D eigenvalue weighted by Gasteiger charge is 2.26. The van der Waals surface area contributed by atoms with Gasteiger partial charge in [-0.15, -0.1) is 5.10 Å². The molecule has 4 aromatic rings. The number of benzene rings is 2. The maximum absolute atomic E-state index is 13.3. The summed E-state index contributed by atoms with van der Waals surface area (Å²) in [5.74, 6) is 2.75. The quantitative estimate of drug-likeness (QED) is 0.256. The van der Waals surface area contributed by atoms with E-state index < -0.39 is 10.0 Å². The van der Waals surface area contributed by atoms with Crippen LogP contribution in [0.2, 0.25) is 0 Å². The van der Waals surface area contributed by atoms with Gasteiger partial charge >= 0.3 is 0 Å². The third-order valence-electron chi connectivity index (χ3n) is 7.41. The van der Waals surface area contributed by atoms with Gasteiger partial charge in [-0.1, -0.05) is 32.4 Å². The zero-order valence-corrected chi connectivity index (χ0v) is 24.5. The van der Waals surface area contributed by atoms with Gasteiger partial charge in [-0.05, 0) is 62.9 Å². The number of aromatic nitrogens is 4. The lowest BCUT2D eigenvalue weighted by Crippen LogP contribution is -2.26. The Bertz CT molecular complexity index is 1720. The minimum absolute atomic E-state index is 0. The van der Waals surface area contributed by atoms with E-state index in [9.17, 15) is 13.2 Å². The maximum atomic E-state index is 13.3. The van der Waals surface area contributed by atoms with Crippen LogP contribution in [0.5, 0.6) is 17.2 Å². The fourth-order valence-electron chi connectivity index (χ4n) is 5.46. The van der Waals surface area contributed by atoms with Gasteiger partial charge in [0.25, 0.3) is 5.56 Å². The Labute approximate surface area is 246 Å². The summed E-state index contributed by atoms with van der Waals surface area (Å²) in [7, 11) is -0.815. The van der Waals surface area contributed by atoms with Crippen molar-refractivity contribution < 1.29 is 22.6 Å². The van der Waals surface area contributed by atoms with E-state index in [1.165, 1.54) is 12.1 Å². The second-order valence-corrected chi connectivity index (χ2v) is 11.8. The summed E-state index contributed by atoms with van der Waals surface area (Å²) in [6.07, 6.45) is 4.60. The molecule has 1 aliphatic carbocycles. The first-order valence-corrected chi connectivity index (χ1v) is 15.2. The molecule has 0 saturated heterocycles. The van der Waals surface area contributed by atoms with Crippen LogP contribution in [-0.4, -0.2) is 55.4 Å². The lowest BCUT2D eigenvalue weighted by Gasteiger charge is -2.14. The van der Waals surface area contributed by atoms with Gasteiger partial charge in [0.15, 0.2) is 22.8 Å². The van der Waals surface area contributed by atoms with Crippen LogP contribution in [0.25, 0.3) is 16.9 Å². The lowest BCUT2D eigenvalue weighted by atomic mass is 10.1. The molecule has 1 aliphatic rings. The summed E-state index contributed by atoms with van der Waals surface area (Å²) in [6, 6.07) is 10.0. The average Bonchev–Trinajstić information content (AvgIpc) is 3.61. The van der Waals surface area contributed by atoms with Crippen LogP contribution in [-0.2, 0) is 16.4 Å². The zero-order valence-electron chi connectivity index (χ0n) is 23.7. The molecule has 12 heteroatoms. The number of ether oxygens (including phenoxy) is 3. The molecule has 2 heterocycles. The van der Waals surface area contributed by atoms with E-state index in [2.05, 4.69) is 9.71 Å². The maximum Gasteiger partial charge on any atom is 0.277 e. The molecule has 0 radical (unpaired) electrons. The third kappa shape index (κ3) is 6.00. The SMILES string of the molecule is C.CCOc1ccc(S(=O)(=O)NCCc2cccc(OC)c2OC)cc1-c1nn2c(C3CCCC3)nc(C)c2c(=O)[nH]1. The minimum Gasteiger partial charge on any atom is -0.493 e. The molecule has 1 saturated carbocycles. The topological polar surface area (TPSA) is 137 Å². The highest BCUT2D eigenvalue weighted by molar-refractivity contribution is 7.89. The monoisotopic (exact) mass is 597 g/mol. The van der Waals surface area contributed by atoms with Crippen molar-refractivity contribution in [3.63, 3.8) is 0 Å². The van der Waals surface area contributed by atoms with Gasteiger partial charge < -0.3 is 19.2 Å². The normalized spacial score (nSPS) is 13.7. The summed E-state index contributed by atoms with van der Waals surface area (Å²) < 4.78 is 47.6. The molecule has 0 aliphatic heterocycles. The van der Waals surface area contributed by atoms with Crippen molar-refractivity contribution in [2.75, 3.05) is 27.4 Å². The van der Waals surface area contributed by atoms with Gasteiger partial charge in [0, 0.05) is 12.5 Å². The summed E-state index contributed by atoms with van der Waals surface area (Å²) in [5.41, 5.74) is 1.85. The van der Waals surface area contributed by atoms with Gasteiger partial charge in [-0.25, -0.2) is 22.6 Å². The Balaban J connectivity index is 0.00000405. The first-order chi connectivity index (χ1) is 19.8. The fraction of sp³-hybridized carbons (Fsp3) is 0.433. The van der Waals surface area contributed by atoms with Gasteiger partial charge in [0.1, 0.15) is 11.6 Å². The summed E-state index contributed by atoms with van der Waals surface area (Å²) >= 11 is 0. The Hall–Kier alpha value is -3.90. The number of fused-ring (bicyclic) bond motifs is 1. The van der Waals surface area contributed by atoms with Crippen LogP contribution in [0.15, 0.2) is 46.1 Å².